The van der Waals surface area contributed by atoms with E-state index in [9.17, 15) is 0 Å². The summed E-state index contributed by atoms with van der Waals surface area (Å²) in [6.07, 6.45) is 0. The fraction of sp³-hybridized carbons (Fsp3) is 0.600. The summed E-state index contributed by atoms with van der Waals surface area (Å²) in [4.78, 5) is 0. The van der Waals surface area contributed by atoms with Crippen LogP contribution in [0.4, 0.5) is 0 Å². The number of hydrogen-bond donors (Lipinski definition) is 0. The van der Waals surface area contributed by atoms with Gasteiger partial charge in [0.25, 0.3) is 0 Å². The predicted octanol–water partition coefficient (Wildman–Crippen LogP) is 2.28. The molecule has 96 valence electrons. The molecule has 1 aromatic carbocycles. The van der Waals surface area contributed by atoms with E-state index in [4.69, 9.17) is 0 Å². The van der Waals surface area contributed by atoms with Gasteiger partial charge in [-0.1, -0.05) is 29.8 Å². The molecule has 0 aromatic heterocycles. The van der Waals surface area contributed by atoms with Crippen LogP contribution in [-0.4, -0.2) is 57.3 Å². The van der Waals surface area contributed by atoms with Crippen molar-refractivity contribution < 1.29 is 8.97 Å². The molecule has 2 nitrogen and oxygen atoms in total. The maximum absolute atomic E-state index is 2.31. The Balaban J connectivity index is 2.57. The average Bonchev–Trinajstić information content (AvgIpc) is 2.18. The number of aryl methyl sites for hydroxylation is 1. The highest BCUT2D eigenvalue weighted by Crippen LogP contribution is 2.11. The van der Waals surface area contributed by atoms with Crippen LogP contribution in [0.1, 0.15) is 11.1 Å². The molecular formula is C15H28N2+2. The molecule has 0 saturated carbocycles. The normalized spacial score (nSPS) is 12.8. The molecule has 0 spiro atoms. The fourth-order valence-electron chi connectivity index (χ4n) is 1.84. The van der Waals surface area contributed by atoms with Crippen LogP contribution >= 0.6 is 0 Å². The largest absolute Gasteiger partial charge is 0.326 e. The number of quaternary nitrogens is 2. The Kier molecular flexibility index (Phi) is 4.34. The highest BCUT2D eigenvalue weighted by molar-refractivity contribution is 5.20. The summed E-state index contributed by atoms with van der Waals surface area (Å²) in [6, 6.07) is 8.91. The van der Waals surface area contributed by atoms with Gasteiger partial charge in [0.05, 0.1) is 35.2 Å². The molecule has 0 heterocycles. The van der Waals surface area contributed by atoms with Gasteiger partial charge in [0.2, 0.25) is 0 Å². The molecule has 0 N–H and O–H groups in total. The summed E-state index contributed by atoms with van der Waals surface area (Å²) in [5.74, 6) is 0. The molecule has 0 radical (unpaired) electrons. The second-order valence-corrected chi connectivity index (χ2v) is 6.82. The minimum atomic E-state index is 1.04. The third kappa shape index (κ3) is 5.85. The van der Waals surface area contributed by atoms with E-state index in [0.717, 1.165) is 15.5 Å². The molecule has 0 aliphatic rings. The van der Waals surface area contributed by atoms with Crippen molar-refractivity contribution in [2.24, 2.45) is 0 Å². The Morgan fingerprint density at radius 1 is 0.824 bits per heavy atom. The molecule has 0 atom stereocenters. The summed E-state index contributed by atoms with van der Waals surface area (Å²) < 4.78 is 2.09. The van der Waals surface area contributed by atoms with Crippen molar-refractivity contribution in [3.8, 4) is 0 Å². The first-order valence-electron chi connectivity index (χ1n) is 6.36. The first-order chi connectivity index (χ1) is 7.68. The minimum absolute atomic E-state index is 1.04. The van der Waals surface area contributed by atoms with Crippen molar-refractivity contribution in [1.82, 2.24) is 0 Å². The summed E-state index contributed by atoms with van der Waals surface area (Å²) >= 11 is 0. The first-order valence-corrected chi connectivity index (χ1v) is 6.36. The molecule has 1 rings (SSSR count). The van der Waals surface area contributed by atoms with Gasteiger partial charge in [0.1, 0.15) is 19.6 Å². The lowest BCUT2D eigenvalue weighted by Crippen LogP contribution is -2.48. The third-order valence-electron chi connectivity index (χ3n) is 3.11. The molecule has 0 bridgehead atoms. The lowest BCUT2D eigenvalue weighted by Gasteiger charge is -2.33. The van der Waals surface area contributed by atoms with E-state index in [1.807, 2.05) is 0 Å². The van der Waals surface area contributed by atoms with E-state index >= 15 is 0 Å². The van der Waals surface area contributed by atoms with Crippen LogP contribution < -0.4 is 0 Å². The van der Waals surface area contributed by atoms with Crippen molar-refractivity contribution in [2.45, 2.75) is 13.5 Å². The van der Waals surface area contributed by atoms with Crippen LogP contribution in [-0.2, 0) is 6.54 Å². The zero-order valence-electron chi connectivity index (χ0n) is 12.3. The Morgan fingerprint density at radius 2 is 1.35 bits per heavy atom. The zero-order valence-corrected chi connectivity index (χ0v) is 12.3. The summed E-state index contributed by atoms with van der Waals surface area (Å²) in [5.41, 5.74) is 2.77. The van der Waals surface area contributed by atoms with Gasteiger partial charge in [-0.3, -0.25) is 0 Å². The molecule has 0 fully saturated rings. The molecule has 0 aliphatic heterocycles. The molecule has 2 heteroatoms. The zero-order chi connectivity index (χ0) is 13.1. The van der Waals surface area contributed by atoms with Crippen LogP contribution in [0.2, 0.25) is 0 Å². The molecule has 1 aromatic rings. The first kappa shape index (κ1) is 14.2. The molecule has 0 aliphatic carbocycles. The van der Waals surface area contributed by atoms with Gasteiger partial charge in [-0.25, -0.2) is 0 Å². The Morgan fingerprint density at radius 3 is 1.82 bits per heavy atom. The summed E-state index contributed by atoms with van der Waals surface area (Å²) in [5, 5.41) is 0. The van der Waals surface area contributed by atoms with Crippen molar-refractivity contribution in [3.05, 3.63) is 35.4 Å². The summed E-state index contributed by atoms with van der Waals surface area (Å²) in [7, 11) is 11.4. The Labute approximate surface area is 107 Å². The highest BCUT2D eigenvalue weighted by Gasteiger charge is 2.20. The van der Waals surface area contributed by atoms with Crippen molar-refractivity contribution in [2.75, 3.05) is 48.3 Å². The summed E-state index contributed by atoms with van der Waals surface area (Å²) in [6.45, 7) is 5.66. The maximum Gasteiger partial charge on any atom is 0.128 e. The van der Waals surface area contributed by atoms with E-state index in [1.54, 1.807) is 0 Å². The highest BCUT2D eigenvalue weighted by atomic mass is 15.4. The van der Waals surface area contributed by atoms with Crippen LogP contribution in [0.25, 0.3) is 0 Å². The maximum atomic E-state index is 2.31. The monoisotopic (exact) mass is 236 g/mol. The van der Waals surface area contributed by atoms with Crippen molar-refractivity contribution >= 4 is 0 Å². The van der Waals surface area contributed by atoms with Crippen LogP contribution in [0, 0.1) is 6.92 Å². The predicted molar refractivity (Wildman–Crippen MR) is 74.8 cm³/mol. The third-order valence-corrected chi connectivity index (χ3v) is 3.11. The van der Waals surface area contributed by atoms with Crippen LogP contribution in [0.3, 0.4) is 0 Å². The van der Waals surface area contributed by atoms with Crippen LogP contribution in [0.5, 0.6) is 0 Å². The number of likely N-dealkylation sites (N-methyl/N-ethyl adjacent to an activating group) is 2. The van der Waals surface area contributed by atoms with Gasteiger partial charge >= 0.3 is 0 Å². The van der Waals surface area contributed by atoms with E-state index in [2.05, 4.69) is 66.4 Å². The van der Waals surface area contributed by atoms with Gasteiger partial charge in [0.15, 0.2) is 0 Å². The second-order valence-electron chi connectivity index (χ2n) is 6.82. The second kappa shape index (κ2) is 5.19. The van der Waals surface area contributed by atoms with Gasteiger partial charge in [-0.15, -0.1) is 0 Å². The minimum Gasteiger partial charge on any atom is -0.326 e. The topological polar surface area (TPSA) is 0 Å². The molecular weight excluding hydrogens is 208 g/mol. The smallest absolute Gasteiger partial charge is 0.128 e. The molecule has 0 unspecified atom stereocenters. The number of nitrogens with zero attached hydrogens (tertiary/aromatic N) is 2. The standard InChI is InChI=1S/C15H28N2/c1-14-7-9-15(10-8-14)13-17(5,6)12-11-16(2,3)4/h7-10H,11-13H2,1-6H3/q+2. The quantitative estimate of drug-likeness (QED) is 0.688. The van der Waals surface area contributed by atoms with Gasteiger partial charge in [-0.2, -0.15) is 0 Å². The van der Waals surface area contributed by atoms with Gasteiger partial charge in [0, 0.05) is 5.56 Å². The fourth-order valence-corrected chi connectivity index (χ4v) is 1.84. The number of hydrogen-bond acceptors (Lipinski definition) is 0. The molecule has 0 saturated heterocycles. The lowest BCUT2D eigenvalue weighted by molar-refractivity contribution is -0.945. The van der Waals surface area contributed by atoms with E-state index in [-0.39, 0.29) is 0 Å². The average molecular weight is 236 g/mol. The molecule has 17 heavy (non-hydrogen) atoms. The Bertz CT molecular complexity index is 344. The van der Waals surface area contributed by atoms with Crippen LogP contribution in [0.15, 0.2) is 24.3 Å². The number of rotatable bonds is 5. The van der Waals surface area contributed by atoms with Gasteiger partial charge in [-0.05, 0) is 6.92 Å². The van der Waals surface area contributed by atoms with E-state index in [1.165, 1.54) is 24.2 Å². The molecule has 0 amide bonds. The lowest BCUT2D eigenvalue weighted by atomic mass is 10.1. The van der Waals surface area contributed by atoms with Crippen molar-refractivity contribution in [3.63, 3.8) is 0 Å². The SMILES string of the molecule is Cc1ccc(C[N+](C)(C)CC[N+](C)(C)C)cc1. The van der Waals surface area contributed by atoms with E-state index in [0.29, 0.717) is 0 Å². The van der Waals surface area contributed by atoms with E-state index < -0.39 is 0 Å². The number of benzene rings is 1. The Hall–Kier alpha value is -0.860. The van der Waals surface area contributed by atoms with Crippen molar-refractivity contribution in [1.29, 1.82) is 0 Å². The van der Waals surface area contributed by atoms with Gasteiger partial charge < -0.3 is 8.97 Å².